The minimum Gasteiger partial charge on any atom is -0.493 e. The van der Waals surface area contributed by atoms with Crippen molar-refractivity contribution >= 4 is 51.0 Å². The number of benzene rings is 2. The number of ether oxygens (including phenoxy) is 2. The third-order valence-corrected chi connectivity index (χ3v) is 7.75. The number of hydrogen-bond donors (Lipinski definition) is 0. The second-order valence-corrected chi connectivity index (χ2v) is 9.02. The molecule has 3 aromatic rings. The van der Waals surface area contributed by atoms with Crippen LogP contribution in [0.25, 0.3) is 10.2 Å². The van der Waals surface area contributed by atoms with Crippen LogP contribution in [0.5, 0.6) is 11.5 Å². The first-order chi connectivity index (χ1) is 12.2. The van der Waals surface area contributed by atoms with Crippen molar-refractivity contribution in [2.75, 3.05) is 18.6 Å². The molecule has 1 fully saturated rings. The molecule has 2 heterocycles. The zero-order valence-electron chi connectivity index (χ0n) is 13.4. The molecule has 7 heteroatoms. The summed E-state index contributed by atoms with van der Waals surface area (Å²) in [7, 11) is 1.59. The molecule has 0 amide bonds. The monoisotopic (exact) mass is 389 g/mol. The Hall–Kier alpha value is -1.70. The van der Waals surface area contributed by atoms with Gasteiger partial charge in [0, 0.05) is 11.5 Å². The second-order valence-electron chi connectivity index (χ2n) is 5.41. The number of fused-ring (bicyclic) bond motifs is 1. The highest BCUT2D eigenvalue weighted by molar-refractivity contribution is 8.19. The van der Waals surface area contributed by atoms with E-state index in [2.05, 4.69) is 4.98 Å². The van der Waals surface area contributed by atoms with Gasteiger partial charge in [0.25, 0.3) is 0 Å². The minimum absolute atomic E-state index is 0.397. The Kier molecular flexibility index (Phi) is 4.87. The normalized spacial score (nSPS) is 14.8. The average Bonchev–Trinajstić information content (AvgIpc) is 3.33. The van der Waals surface area contributed by atoms with Crippen LogP contribution >= 0.6 is 34.9 Å². The van der Waals surface area contributed by atoms with Gasteiger partial charge in [-0.2, -0.15) is 0 Å². The maximum Gasteiger partial charge on any atom is 0.343 e. The Morgan fingerprint density at radius 1 is 1.12 bits per heavy atom. The first kappa shape index (κ1) is 16.8. The number of carbonyl (C=O) groups excluding carboxylic acids is 1. The van der Waals surface area contributed by atoms with Gasteiger partial charge in [0.2, 0.25) is 0 Å². The number of hydrogen-bond acceptors (Lipinski definition) is 7. The molecule has 25 heavy (non-hydrogen) atoms. The van der Waals surface area contributed by atoms with Crippen molar-refractivity contribution in [3.05, 3.63) is 53.0 Å². The van der Waals surface area contributed by atoms with Crippen molar-refractivity contribution in [3.8, 4) is 11.5 Å². The fraction of sp³-hybridized carbons (Fsp3) is 0.222. The Labute approximate surface area is 157 Å². The third-order valence-electron chi connectivity index (χ3n) is 3.85. The summed E-state index contributed by atoms with van der Waals surface area (Å²) >= 11 is 5.36. The lowest BCUT2D eigenvalue weighted by molar-refractivity contribution is 0.0730. The summed E-state index contributed by atoms with van der Waals surface area (Å²) in [5, 5.41) is 0. The van der Waals surface area contributed by atoms with Crippen LogP contribution in [0.4, 0.5) is 0 Å². The molecule has 0 bridgehead atoms. The largest absolute Gasteiger partial charge is 0.493 e. The highest BCUT2D eigenvalue weighted by Gasteiger charge is 2.21. The SMILES string of the molecule is COc1cc(C2SCCS2)ccc1OC(=O)c1ccc2ncsc2c1. The molecule has 0 atom stereocenters. The molecular weight excluding hydrogens is 374 g/mol. The van der Waals surface area contributed by atoms with E-state index in [1.165, 1.54) is 16.9 Å². The van der Waals surface area contributed by atoms with Gasteiger partial charge in [-0.3, -0.25) is 0 Å². The Morgan fingerprint density at radius 2 is 1.96 bits per heavy atom. The van der Waals surface area contributed by atoms with Crippen molar-refractivity contribution in [1.29, 1.82) is 0 Å². The van der Waals surface area contributed by atoms with Crippen molar-refractivity contribution in [2.45, 2.75) is 4.58 Å². The van der Waals surface area contributed by atoms with E-state index in [0.717, 1.165) is 21.7 Å². The van der Waals surface area contributed by atoms with Crippen molar-refractivity contribution in [2.24, 2.45) is 0 Å². The zero-order chi connectivity index (χ0) is 17.2. The Balaban J connectivity index is 1.57. The van der Waals surface area contributed by atoms with Crippen LogP contribution in [-0.2, 0) is 0 Å². The number of carbonyl (C=O) groups is 1. The lowest BCUT2D eigenvalue weighted by atomic mass is 10.2. The van der Waals surface area contributed by atoms with E-state index < -0.39 is 5.97 Å². The second kappa shape index (κ2) is 7.27. The molecule has 128 valence electrons. The summed E-state index contributed by atoms with van der Waals surface area (Å²) in [6, 6.07) is 11.2. The van der Waals surface area contributed by atoms with Crippen LogP contribution in [0.2, 0.25) is 0 Å². The third kappa shape index (κ3) is 3.49. The molecule has 0 radical (unpaired) electrons. The van der Waals surface area contributed by atoms with Gasteiger partial charge in [-0.05, 0) is 35.9 Å². The first-order valence-electron chi connectivity index (χ1n) is 7.71. The van der Waals surface area contributed by atoms with Gasteiger partial charge in [-0.15, -0.1) is 34.9 Å². The van der Waals surface area contributed by atoms with E-state index >= 15 is 0 Å². The lowest BCUT2D eigenvalue weighted by Crippen LogP contribution is -2.09. The maximum atomic E-state index is 12.5. The topological polar surface area (TPSA) is 48.4 Å². The summed E-state index contributed by atoms with van der Waals surface area (Å²) in [5.41, 5.74) is 4.34. The van der Waals surface area contributed by atoms with E-state index in [0.29, 0.717) is 21.6 Å². The van der Waals surface area contributed by atoms with Crippen LogP contribution in [0.1, 0.15) is 20.5 Å². The van der Waals surface area contributed by atoms with E-state index in [1.54, 1.807) is 18.7 Å². The highest BCUT2D eigenvalue weighted by atomic mass is 32.2. The van der Waals surface area contributed by atoms with Crippen LogP contribution in [0.15, 0.2) is 41.9 Å². The van der Waals surface area contributed by atoms with Crippen molar-refractivity contribution < 1.29 is 14.3 Å². The average molecular weight is 390 g/mol. The lowest BCUT2D eigenvalue weighted by Gasteiger charge is -2.13. The van der Waals surface area contributed by atoms with Gasteiger partial charge in [-0.25, -0.2) is 9.78 Å². The predicted octanol–water partition coefficient (Wildman–Crippen LogP) is 5.00. The molecule has 1 aromatic heterocycles. The number of methoxy groups -OCH3 is 1. The number of nitrogens with zero attached hydrogens (tertiary/aromatic N) is 1. The summed E-state index contributed by atoms with van der Waals surface area (Å²) in [6.07, 6.45) is 0. The summed E-state index contributed by atoms with van der Waals surface area (Å²) in [5.74, 6) is 2.94. The van der Waals surface area contributed by atoms with Crippen LogP contribution in [0.3, 0.4) is 0 Å². The van der Waals surface area contributed by atoms with Gasteiger partial charge in [0.15, 0.2) is 11.5 Å². The molecule has 2 aromatic carbocycles. The Bertz CT molecular complexity index is 919. The molecule has 4 nitrogen and oxygen atoms in total. The summed E-state index contributed by atoms with van der Waals surface area (Å²) in [4.78, 5) is 16.7. The Morgan fingerprint density at radius 3 is 2.76 bits per heavy atom. The molecule has 4 rings (SSSR count). The quantitative estimate of drug-likeness (QED) is 0.462. The summed E-state index contributed by atoms with van der Waals surface area (Å²) < 4.78 is 12.4. The van der Waals surface area contributed by atoms with Gasteiger partial charge in [0.1, 0.15) is 0 Å². The molecule has 1 aliphatic heterocycles. The van der Waals surface area contributed by atoms with Crippen molar-refractivity contribution in [3.63, 3.8) is 0 Å². The van der Waals surface area contributed by atoms with Gasteiger partial charge in [0.05, 0.1) is 33.0 Å². The molecule has 1 saturated heterocycles. The number of rotatable bonds is 4. The maximum absolute atomic E-state index is 12.5. The minimum atomic E-state index is -0.397. The predicted molar refractivity (Wildman–Crippen MR) is 105 cm³/mol. The zero-order valence-corrected chi connectivity index (χ0v) is 15.9. The van der Waals surface area contributed by atoms with Crippen LogP contribution in [0, 0.1) is 0 Å². The van der Waals surface area contributed by atoms with Crippen LogP contribution < -0.4 is 9.47 Å². The molecule has 1 aliphatic rings. The van der Waals surface area contributed by atoms with Gasteiger partial charge in [-0.1, -0.05) is 6.07 Å². The van der Waals surface area contributed by atoms with E-state index in [-0.39, 0.29) is 0 Å². The van der Waals surface area contributed by atoms with E-state index in [1.807, 2.05) is 53.9 Å². The number of esters is 1. The number of aromatic nitrogens is 1. The van der Waals surface area contributed by atoms with Gasteiger partial charge < -0.3 is 9.47 Å². The van der Waals surface area contributed by atoms with E-state index in [4.69, 9.17) is 9.47 Å². The number of thiazole rings is 1. The molecule has 0 saturated carbocycles. The molecular formula is C18H15NO3S3. The van der Waals surface area contributed by atoms with Crippen LogP contribution in [-0.4, -0.2) is 29.6 Å². The highest BCUT2D eigenvalue weighted by Crippen LogP contribution is 2.47. The molecule has 0 unspecified atom stereocenters. The fourth-order valence-electron chi connectivity index (χ4n) is 2.61. The first-order valence-corrected chi connectivity index (χ1v) is 10.7. The number of thioether (sulfide) groups is 2. The molecule has 0 aliphatic carbocycles. The summed E-state index contributed by atoms with van der Waals surface area (Å²) in [6.45, 7) is 0. The van der Waals surface area contributed by atoms with Crippen molar-refractivity contribution in [1.82, 2.24) is 4.98 Å². The van der Waals surface area contributed by atoms with Gasteiger partial charge >= 0.3 is 5.97 Å². The molecule has 0 spiro atoms. The van der Waals surface area contributed by atoms with E-state index in [9.17, 15) is 4.79 Å². The molecule has 0 N–H and O–H groups in total. The smallest absolute Gasteiger partial charge is 0.343 e. The fourth-order valence-corrected chi connectivity index (χ4v) is 6.16. The standard InChI is InChI=1S/C18H15NO3S3/c1-21-15-8-12(18-23-6-7-24-18)3-5-14(15)22-17(20)11-2-4-13-16(9-11)25-10-19-13/h2-5,8-10,18H,6-7H2,1H3.